The molecule has 0 spiro atoms. The summed E-state index contributed by atoms with van der Waals surface area (Å²) in [6, 6.07) is 4.22. The Hall–Kier alpha value is -3.32. The summed E-state index contributed by atoms with van der Waals surface area (Å²) in [4.78, 5) is 38.8. The number of rotatable bonds is 11. The average Bonchev–Trinajstić information content (AvgIpc) is 3.46. The van der Waals surface area contributed by atoms with Gasteiger partial charge in [0.15, 0.2) is 11.6 Å². The van der Waals surface area contributed by atoms with Gasteiger partial charge in [-0.3, -0.25) is 19.4 Å². The van der Waals surface area contributed by atoms with Gasteiger partial charge in [-0.2, -0.15) is 0 Å². The number of amides is 2. The lowest BCUT2D eigenvalue weighted by molar-refractivity contribution is -0.141. The lowest BCUT2D eigenvalue weighted by atomic mass is 10.0. The molecular weight excluding hydrogens is 547 g/mol. The molecule has 2 heterocycles. The van der Waals surface area contributed by atoms with Crippen molar-refractivity contribution in [2.24, 2.45) is 5.73 Å². The van der Waals surface area contributed by atoms with Crippen molar-refractivity contribution in [1.82, 2.24) is 15.2 Å². The molecule has 0 radical (unpaired) electrons. The highest BCUT2D eigenvalue weighted by Gasteiger charge is 2.21. The Morgan fingerprint density at radius 2 is 1.88 bits per heavy atom. The van der Waals surface area contributed by atoms with Crippen LogP contribution >= 0.6 is 11.8 Å². The molecule has 1 unspecified atom stereocenters. The van der Waals surface area contributed by atoms with Crippen LogP contribution in [0.15, 0.2) is 30.5 Å². The SMILES string of the molecule is CCC.CCOC(=O)CNc1ccc(CNC=O)nc1.NC(CC(=O)N1CCSC1)Cc1cc(F)c(F)cc1F. The van der Waals surface area contributed by atoms with Gasteiger partial charge in [0.05, 0.1) is 36.6 Å². The fraction of sp³-hybridized carbons (Fsp3) is 0.481. The number of carbonyl (C=O) groups excluding carboxylic acids is 3. The Morgan fingerprint density at radius 3 is 2.45 bits per heavy atom. The van der Waals surface area contributed by atoms with E-state index >= 15 is 0 Å². The summed E-state index contributed by atoms with van der Waals surface area (Å²) in [5.74, 6) is -2.04. The zero-order chi connectivity index (χ0) is 29.9. The maximum atomic E-state index is 13.5. The predicted octanol–water partition coefficient (Wildman–Crippen LogP) is 3.62. The number of nitrogens with one attached hydrogen (secondary N) is 2. The fourth-order valence-corrected chi connectivity index (χ4v) is 4.18. The van der Waals surface area contributed by atoms with Gasteiger partial charge in [-0.25, -0.2) is 13.2 Å². The molecule has 1 aromatic heterocycles. The molecule has 0 bridgehead atoms. The number of hydrogen-bond acceptors (Lipinski definition) is 8. The predicted molar refractivity (Wildman–Crippen MR) is 150 cm³/mol. The number of nitrogens with two attached hydrogens (primary N) is 1. The second-order valence-corrected chi connectivity index (χ2v) is 9.70. The van der Waals surface area contributed by atoms with E-state index in [1.54, 1.807) is 41.9 Å². The second-order valence-electron chi connectivity index (χ2n) is 8.62. The van der Waals surface area contributed by atoms with E-state index in [1.165, 1.54) is 6.42 Å². The van der Waals surface area contributed by atoms with Gasteiger partial charge in [-0.15, -0.1) is 11.8 Å². The molecule has 1 aliphatic rings. The molecule has 3 rings (SSSR count). The summed E-state index contributed by atoms with van der Waals surface area (Å²) in [5.41, 5.74) is 7.26. The van der Waals surface area contributed by atoms with Crippen molar-refractivity contribution in [1.29, 1.82) is 0 Å². The molecule has 4 N–H and O–H groups in total. The fourth-order valence-electron chi connectivity index (χ4n) is 3.21. The van der Waals surface area contributed by atoms with E-state index in [0.29, 0.717) is 38.0 Å². The molecule has 222 valence electrons. The molecule has 1 fully saturated rings. The number of thioether (sulfide) groups is 1. The molecule has 1 aliphatic heterocycles. The van der Waals surface area contributed by atoms with Gasteiger partial charge in [0.25, 0.3) is 0 Å². The Kier molecular flexibility index (Phi) is 17.1. The summed E-state index contributed by atoms with van der Waals surface area (Å²) < 4.78 is 44.1. The molecule has 2 aromatic rings. The molecule has 2 amide bonds. The van der Waals surface area contributed by atoms with E-state index in [-0.39, 0.29) is 36.8 Å². The van der Waals surface area contributed by atoms with E-state index in [2.05, 4.69) is 29.5 Å². The number of aromatic nitrogens is 1. The van der Waals surface area contributed by atoms with Crippen molar-refractivity contribution >= 4 is 35.7 Å². The van der Waals surface area contributed by atoms with Crippen LogP contribution in [0.4, 0.5) is 18.9 Å². The van der Waals surface area contributed by atoms with E-state index in [9.17, 15) is 27.6 Å². The highest BCUT2D eigenvalue weighted by Crippen LogP contribution is 2.18. The zero-order valence-electron chi connectivity index (χ0n) is 23.1. The van der Waals surface area contributed by atoms with Crippen LogP contribution in [-0.2, 0) is 32.1 Å². The quantitative estimate of drug-likeness (QED) is 0.207. The number of benzene rings is 1. The van der Waals surface area contributed by atoms with Crippen molar-refractivity contribution < 1.29 is 32.3 Å². The first kappa shape index (κ1) is 34.7. The largest absolute Gasteiger partial charge is 0.465 e. The Balaban J connectivity index is 0.000000369. The number of hydrogen-bond donors (Lipinski definition) is 3. The Bertz CT molecular complexity index is 1060. The van der Waals surface area contributed by atoms with E-state index < -0.39 is 23.5 Å². The van der Waals surface area contributed by atoms with Gasteiger partial charge >= 0.3 is 5.97 Å². The lowest BCUT2D eigenvalue weighted by Gasteiger charge is -2.18. The van der Waals surface area contributed by atoms with Crippen molar-refractivity contribution in [2.75, 3.05) is 36.6 Å². The molecule has 1 atom stereocenters. The van der Waals surface area contributed by atoms with Gasteiger partial charge in [-0.05, 0) is 37.1 Å². The number of pyridine rings is 1. The zero-order valence-corrected chi connectivity index (χ0v) is 23.9. The van der Waals surface area contributed by atoms with Crippen LogP contribution in [0, 0.1) is 17.5 Å². The number of halogens is 3. The van der Waals surface area contributed by atoms with Gasteiger partial charge in [0, 0.05) is 30.8 Å². The lowest BCUT2D eigenvalue weighted by Crippen LogP contribution is -2.35. The van der Waals surface area contributed by atoms with E-state index in [1.807, 2.05) is 0 Å². The van der Waals surface area contributed by atoms with Crippen LogP contribution in [0.5, 0.6) is 0 Å². The van der Waals surface area contributed by atoms with E-state index in [0.717, 1.165) is 23.2 Å². The van der Waals surface area contributed by atoms with Crippen LogP contribution in [0.25, 0.3) is 0 Å². The smallest absolute Gasteiger partial charge is 0.325 e. The third-order valence-corrected chi connectivity index (χ3v) is 6.01. The number of carbonyl (C=O) groups is 3. The molecule has 1 saturated heterocycles. The minimum atomic E-state index is -1.23. The molecule has 0 aliphatic carbocycles. The third kappa shape index (κ3) is 13.7. The normalized spacial score (nSPS) is 12.7. The van der Waals surface area contributed by atoms with Crippen molar-refractivity contribution in [3.8, 4) is 0 Å². The van der Waals surface area contributed by atoms with Crippen molar-refractivity contribution in [3.05, 3.63) is 59.2 Å². The van der Waals surface area contributed by atoms with Crippen LogP contribution in [0.2, 0.25) is 0 Å². The maximum absolute atomic E-state index is 13.5. The van der Waals surface area contributed by atoms with Gasteiger partial charge in [-0.1, -0.05) is 20.3 Å². The number of esters is 1. The first-order valence-electron chi connectivity index (χ1n) is 12.9. The molecular formula is C27H38F3N5O4S. The van der Waals surface area contributed by atoms with Crippen LogP contribution in [0.3, 0.4) is 0 Å². The average molecular weight is 586 g/mol. The standard InChI is InChI=1S/C13H15F3N2OS.C11H15N3O3.C3H8/c14-10-6-12(16)11(15)4-8(10)3-9(17)5-13(19)18-1-2-20-7-18;1-2-17-11(16)7-14-10-4-3-9(13-6-10)5-12-8-15;1-3-2/h4,6,9H,1-3,5,7,17H2;3-4,6,8,14H,2,5,7H2,1H3,(H,12,15);3H2,1-2H3. The summed E-state index contributed by atoms with van der Waals surface area (Å²) in [6.07, 6.45) is 3.53. The van der Waals surface area contributed by atoms with Crippen LogP contribution in [-0.4, -0.2) is 65.5 Å². The molecule has 9 nitrogen and oxygen atoms in total. The number of ether oxygens (including phenoxy) is 1. The van der Waals surface area contributed by atoms with Crippen molar-refractivity contribution in [3.63, 3.8) is 0 Å². The number of anilines is 1. The molecule has 13 heteroatoms. The third-order valence-electron chi connectivity index (χ3n) is 5.05. The first-order valence-corrected chi connectivity index (χ1v) is 14.1. The minimum Gasteiger partial charge on any atom is -0.465 e. The summed E-state index contributed by atoms with van der Waals surface area (Å²) in [5, 5.41) is 5.40. The maximum Gasteiger partial charge on any atom is 0.325 e. The molecule has 0 saturated carbocycles. The highest BCUT2D eigenvalue weighted by molar-refractivity contribution is 7.99. The summed E-state index contributed by atoms with van der Waals surface area (Å²) in [6.45, 7) is 7.57. The van der Waals surface area contributed by atoms with Crippen molar-refractivity contribution in [2.45, 2.75) is 52.6 Å². The topological polar surface area (TPSA) is 127 Å². The second kappa shape index (κ2) is 19.7. The van der Waals surface area contributed by atoms with Crippen LogP contribution < -0.4 is 16.4 Å². The number of nitrogens with zero attached hydrogens (tertiary/aromatic N) is 2. The van der Waals surface area contributed by atoms with Crippen LogP contribution in [0.1, 0.15) is 44.9 Å². The first-order chi connectivity index (χ1) is 19.1. The molecule has 1 aromatic carbocycles. The van der Waals surface area contributed by atoms with Gasteiger partial charge in [0.1, 0.15) is 12.4 Å². The monoisotopic (exact) mass is 585 g/mol. The minimum absolute atomic E-state index is 0.00421. The Morgan fingerprint density at radius 1 is 1.18 bits per heavy atom. The highest BCUT2D eigenvalue weighted by atomic mass is 32.2. The van der Waals surface area contributed by atoms with Gasteiger partial charge < -0.3 is 26.0 Å². The van der Waals surface area contributed by atoms with Gasteiger partial charge in [0.2, 0.25) is 12.3 Å². The summed E-state index contributed by atoms with van der Waals surface area (Å²) in [7, 11) is 0. The van der Waals surface area contributed by atoms with E-state index in [4.69, 9.17) is 10.5 Å². The summed E-state index contributed by atoms with van der Waals surface area (Å²) >= 11 is 1.66. The molecule has 40 heavy (non-hydrogen) atoms. The Labute approximate surface area is 237 Å².